The fourth-order valence-corrected chi connectivity index (χ4v) is 4.26. The highest BCUT2D eigenvalue weighted by Crippen LogP contribution is 2.35. The monoisotopic (exact) mass is 392 g/mol. The van der Waals surface area contributed by atoms with Gasteiger partial charge in [-0.15, -0.1) is 11.8 Å². The lowest BCUT2D eigenvalue weighted by molar-refractivity contribution is 0.250. The fourth-order valence-electron chi connectivity index (χ4n) is 3.73. The van der Waals surface area contributed by atoms with Crippen molar-refractivity contribution in [3.63, 3.8) is 0 Å². The molecular weight excluding hydrogens is 371 g/mol. The molecule has 0 N–H and O–H groups in total. The number of para-hydroxylation sites is 1. The maximum absolute atomic E-state index is 13.1. The van der Waals surface area contributed by atoms with E-state index in [1.807, 2.05) is 42.7 Å². The van der Waals surface area contributed by atoms with Gasteiger partial charge in [-0.05, 0) is 30.0 Å². The Labute approximate surface area is 168 Å². The summed E-state index contributed by atoms with van der Waals surface area (Å²) in [5, 5.41) is 11.6. The molecule has 2 heterocycles. The first-order valence-electron chi connectivity index (χ1n) is 9.28. The Hall–Kier alpha value is -2.62. The quantitative estimate of drug-likeness (QED) is 0.620. The van der Waals surface area contributed by atoms with Crippen molar-refractivity contribution in [2.75, 3.05) is 37.3 Å². The largest absolute Gasteiger partial charge is 0.367 e. The molecule has 0 spiro atoms. The van der Waals surface area contributed by atoms with Crippen molar-refractivity contribution < 1.29 is 4.39 Å². The summed E-state index contributed by atoms with van der Waals surface area (Å²) in [4.78, 5) is 9.35. The van der Waals surface area contributed by atoms with Crippen LogP contribution in [0.25, 0.3) is 10.9 Å². The Morgan fingerprint density at radius 1 is 1.07 bits per heavy atom. The van der Waals surface area contributed by atoms with Crippen LogP contribution in [0.2, 0.25) is 0 Å². The van der Waals surface area contributed by atoms with Crippen LogP contribution in [-0.4, -0.2) is 42.3 Å². The third-order valence-electron chi connectivity index (χ3n) is 5.14. The van der Waals surface area contributed by atoms with Crippen LogP contribution >= 0.6 is 11.8 Å². The summed E-state index contributed by atoms with van der Waals surface area (Å²) < 4.78 is 13.1. The van der Waals surface area contributed by atoms with E-state index in [4.69, 9.17) is 0 Å². The van der Waals surface area contributed by atoms with Crippen molar-refractivity contribution in [2.24, 2.45) is 0 Å². The lowest BCUT2D eigenvalue weighted by Crippen LogP contribution is -2.46. The van der Waals surface area contributed by atoms with Crippen LogP contribution < -0.4 is 4.90 Å². The number of hydrogen-bond donors (Lipinski definition) is 0. The van der Waals surface area contributed by atoms with Gasteiger partial charge in [0.2, 0.25) is 0 Å². The number of rotatable bonds is 4. The number of nitriles is 1. The second kappa shape index (κ2) is 8.17. The first-order valence-corrected chi connectivity index (χ1v) is 10.5. The van der Waals surface area contributed by atoms with E-state index in [9.17, 15) is 9.65 Å². The van der Waals surface area contributed by atoms with Crippen LogP contribution in [0.1, 0.15) is 11.1 Å². The van der Waals surface area contributed by atoms with Gasteiger partial charge in [-0.1, -0.05) is 30.3 Å². The first kappa shape index (κ1) is 18.7. The average molecular weight is 393 g/mol. The topological polar surface area (TPSA) is 43.2 Å². The smallest absolute Gasteiger partial charge is 0.123 e. The van der Waals surface area contributed by atoms with E-state index in [2.05, 4.69) is 20.9 Å². The Morgan fingerprint density at radius 3 is 2.46 bits per heavy atom. The zero-order chi connectivity index (χ0) is 19.5. The molecule has 4 nitrogen and oxygen atoms in total. The van der Waals surface area contributed by atoms with Crippen LogP contribution in [-0.2, 0) is 6.54 Å². The lowest BCUT2D eigenvalue weighted by Gasteiger charge is -2.37. The average Bonchev–Trinajstić information content (AvgIpc) is 2.74. The zero-order valence-electron chi connectivity index (χ0n) is 15.7. The number of halogens is 1. The third-order valence-corrected chi connectivity index (χ3v) is 5.83. The molecule has 142 valence electrons. The molecule has 1 aliphatic rings. The molecule has 0 atom stereocenters. The summed E-state index contributed by atoms with van der Waals surface area (Å²) in [6.45, 7) is 4.29. The minimum absolute atomic E-state index is 0.202. The van der Waals surface area contributed by atoms with Gasteiger partial charge >= 0.3 is 0 Å². The van der Waals surface area contributed by atoms with Gasteiger partial charge in [-0.3, -0.25) is 4.90 Å². The van der Waals surface area contributed by atoms with Crippen molar-refractivity contribution >= 4 is 28.4 Å². The highest BCUT2D eigenvalue weighted by atomic mass is 32.2. The van der Waals surface area contributed by atoms with Crippen molar-refractivity contribution in [1.29, 1.82) is 5.26 Å². The molecule has 28 heavy (non-hydrogen) atoms. The summed E-state index contributed by atoms with van der Waals surface area (Å²) in [6.07, 6.45) is 1.96. The van der Waals surface area contributed by atoms with Gasteiger partial charge in [0.15, 0.2) is 0 Å². The van der Waals surface area contributed by atoms with E-state index in [0.29, 0.717) is 5.56 Å². The Kier molecular flexibility index (Phi) is 5.47. The molecule has 3 aromatic rings. The highest BCUT2D eigenvalue weighted by molar-refractivity contribution is 7.98. The number of piperazine rings is 1. The van der Waals surface area contributed by atoms with E-state index in [-0.39, 0.29) is 5.82 Å². The number of pyridine rings is 1. The van der Waals surface area contributed by atoms with Crippen LogP contribution in [0.15, 0.2) is 53.6 Å². The van der Waals surface area contributed by atoms with Crippen molar-refractivity contribution in [2.45, 2.75) is 11.6 Å². The molecule has 0 bridgehead atoms. The minimum atomic E-state index is -0.202. The second-order valence-electron chi connectivity index (χ2n) is 6.86. The summed E-state index contributed by atoms with van der Waals surface area (Å²) in [5.74, 6) is -0.202. The number of aromatic nitrogens is 1. The summed E-state index contributed by atoms with van der Waals surface area (Å²) in [7, 11) is 0. The van der Waals surface area contributed by atoms with Gasteiger partial charge in [0.05, 0.1) is 11.2 Å². The Morgan fingerprint density at radius 2 is 1.79 bits per heavy atom. The zero-order valence-corrected chi connectivity index (χ0v) is 16.5. The molecule has 0 amide bonds. The Bertz CT molecular complexity index is 1020. The van der Waals surface area contributed by atoms with Crippen LogP contribution in [0.4, 0.5) is 10.1 Å². The summed E-state index contributed by atoms with van der Waals surface area (Å²) in [6, 6.07) is 17.1. The van der Waals surface area contributed by atoms with Crippen LogP contribution in [0, 0.1) is 17.1 Å². The maximum atomic E-state index is 13.1. The van der Waals surface area contributed by atoms with Gasteiger partial charge in [0.25, 0.3) is 0 Å². The molecule has 4 rings (SSSR count). The first-order chi connectivity index (χ1) is 13.7. The molecule has 6 heteroatoms. The summed E-state index contributed by atoms with van der Waals surface area (Å²) in [5.41, 5.74) is 3.71. The fraction of sp³-hybridized carbons (Fsp3) is 0.273. The minimum Gasteiger partial charge on any atom is -0.367 e. The van der Waals surface area contributed by atoms with E-state index in [1.54, 1.807) is 0 Å². The lowest BCUT2D eigenvalue weighted by atomic mass is 10.1. The molecule has 1 saturated heterocycles. The molecule has 1 fully saturated rings. The van der Waals surface area contributed by atoms with Crippen molar-refractivity contribution in [3.05, 3.63) is 65.5 Å². The molecule has 2 aromatic carbocycles. The molecule has 0 unspecified atom stereocenters. The van der Waals surface area contributed by atoms with Gasteiger partial charge in [-0.25, -0.2) is 9.37 Å². The second-order valence-corrected chi connectivity index (χ2v) is 7.66. The molecule has 1 aliphatic heterocycles. The van der Waals surface area contributed by atoms with Gasteiger partial charge < -0.3 is 4.90 Å². The predicted octanol–water partition coefficient (Wildman–Crippen LogP) is 4.29. The number of benzene rings is 2. The maximum Gasteiger partial charge on any atom is 0.123 e. The standard InChI is InChI=1S/C22H21FN4S/c1-28-22-19(14-24)21(18-4-2-3-5-20(18)25-22)27-12-10-26(11-13-27)15-16-6-8-17(23)9-7-16/h2-9H,10-13,15H2,1H3. The molecule has 0 aliphatic carbocycles. The molecule has 1 aromatic heterocycles. The summed E-state index contributed by atoms with van der Waals surface area (Å²) >= 11 is 1.52. The van der Waals surface area contributed by atoms with Gasteiger partial charge in [-0.2, -0.15) is 5.26 Å². The van der Waals surface area contributed by atoms with Gasteiger partial charge in [0.1, 0.15) is 22.5 Å². The molecule has 0 radical (unpaired) electrons. The number of nitrogens with zero attached hydrogens (tertiary/aromatic N) is 4. The number of hydrogen-bond acceptors (Lipinski definition) is 5. The third kappa shape index (κ3) is 3.68. The van der Waals surface area contributed by atoms with E-state index >= 15 is 0 Å². The Balaban J connectivity index is 1.58. The van der Waals surface area contributed by atoms with Crippen molar-refractivity contribution in [3.8, 4) is 6.07 Å². The number of thioether (sulfide) groups is 1. The van der Waals surface area contributed by atoms with Crippen LogP contribution in [0.3, 0.4) is 0 Å². The molecule has 0 saturated carbocycles. The van der Waals surface area contributed by atoms with Crippen molar-refractivity contribution in [1.82, 2.24) is 9.88 Å². The van der Waals surface area contributed by atoms with E-state index < -0.39 is 0 Å². The highest BCUT2D eigenvalue weighted by Gasteiger charge is 2.23. The number of fused-ring (bicyclic) bond motifs is 1. The van der Waals surface area contributed by atoms with Crippen LogP contribution in [0.5, 0.6) is 0 Å². The SMILES string of the molecule is CSc1nc2ccccc2c(N2CCN(Cc3ccc(F)cc3)CC2)c1C#N. The predicted molar refractivity (Wildman–Crippen MR) is 112 cm³/mol. The van der Waals surface area contributed by atoms with E-state index in [0.717, 1.165) is 59.9 Å². The van der Waals surface area contributed by atoms with Gasteiger partial charge in [0, 0.05) is 38.1 Å². The number of anilines is 1. The van der Waals surface area contributed by atoms with E-state index in [1.165, 1.54) is 23.9 Å². The normalized spacial score (nSPS) is 15.0. The molecular formula is C22H21FN4S.